The van der Waals surface area contributed by atoms with Gasteiger partial charge in [0.15, 0.2) is 0 Å². The summed E-state index contributed by atoms with van der Waals surface area (Å²) in [5.74, 6) is 0. The molecule has 1 fully saturated rings. The zero-order valence-corrected chi connectivity index (χ0v) is 4.55. The van der Waals surface area contributed by atoms with Crippen LogP contribution in [-0.4, -0.2) is 18.8 Å². The second kappa shape index (κ2) is 1.73. The van der Waals surface area contributed by atoms with Crippen LogP contribution in [0.5, 0.6) is 0 Å². The Morgan fingerprint density at radius 1 is 1.75 bits per heavy atom. The van der Waals surface area contributed by atoms with E-state index in [4.69, 9.17) is 15.7 Å². The normalized spacial score (nSPS) is 37.0. The van der Waals surface area contributed by atoms with Crippen LogP contribution in [0.3, 0.4) is 0 Å². The summed E-state index contributed by atoms with van der Waals surface area (Å²) in [6.07, 6.45) is 0.670. The van der Waals surface area contributed by atoms with E-state index >= 15 is 0 Å². The van der Waals surface area contributed by atoms with Crippen LogP contribution in [0.2, 0.25) is 0 Å². The third kappa shape index (κ3) is 0.808. The number of nitriles is 1. The van der Waals surface area contributed by atoms with Crippen LogP contribution >= 0.6 is 0 Å². The van der Waals surface area contributed by atoms with Crippen LogP contribution < -0.4 is 5.73 Å². The number of nitrogens with zero attached hydrogens (tertiary/aromatic N) is 1. The minimum Gasteiger partial charge on any atom is -0.378 e. The Balaban J connectivity index is 2.56. The van der Waals surface area contributed by atoms with E-state index in [9.17, 15) is 0 Å². The largest absolute Gasteiger partial charge is 0.378 e. The van der Waals surface area contributed by atoms with Crippen LogP contribution in [0.4, 0.5) is 0 Å². The van der Waals surface area contributed by atoms with E-state index in [1.807, 2.05) is 6.07 Å². The van der Waals surface area contributed by atoms with Gasteiger partial charge in [0.25, 0.3) is 0 Å². The molecule has 0 bridgehead atoms. The molecule has 2 N–H and O–H groups in total. The van der Waals surface area contributed by atoms with Crippen LogP contribution in [0.25, 0.3) is 0 Å². The predicted octanol–water partition coefficient (Wildman–Crippen LogP) is -0.372. The van der Waals surface area contributed by atoms with E-state index in [2.05, 4.69) is 0 Å². The molecule has 0 aromatic rings. The van der Waals surface area contributed by atoms with Crippen LogP contribution in [0, 0.1) is 11.3 Å². The van der Waals surface area contributed by atoms with Crippen molar-refractivity contribution in [2.45, 2.75) is 12.0 Å². The molecule has 0 saturated carbocycles. The SMILES string of the molecule is N#CC1(N)CCOC1. The van der Waals surface area contributed by atoms with Gasteiger partial charge in [-0.2, -0.15) is 5.26 Å². The maximum absolute atomic E-state index is 8.37. The van der Waals surface area contributed by atoms with Gasteiger partial charge in [-0.3, -0.25) is 0 Å². The van der Waals surface area contributed by atoms with Gasteiger partial charge in [0, 0.05) is 13.0 Å². The van der Waals surface area contributed by atoms with E-state index < -0.39 is 5.54 Å². The quantitative estimate of drug-likeness (QED) is 0.465. The lowest BCUT2D eigenvalue weighted by Crippen LogP contribution is -2.38. The highest BCUT2D eigenvalue weighted by Gasteiger charge is 2.29. The van der Waals surface area contributed by atoms with Crippen molar-refractivity contribution in [2.24, 2.45) is 5.73 Å². The zero-order valence-electron chi connectivity index (χ0n) is 4.55. The molecule has 1 saturated heterocycles. The molecule has 3 nitrogen and oxygen atoms in total. The highest BCUT2D eigenvalue weighted by Crippen LogP contribution is 2.12. The van der Waals surface area contributed by atoms with Crippen molar-refractivity contribution >= 4 is 0 Å². The van der Waals surface area contributed by atoms with Gasteiger partial charge < -0.3 is 10.5 Å². The average Bonchev–Trinajstić information content (AvgIpc) is 2.17. The molecule has 1 atom stereocenters. The number of ether oxygens (including phenoxy) is 1. The highest BCUT2D eigenvalue weighted by atomic mass is 16.5. The molecule has 1 unspecified atom stereocenters. The minimum absolute atomic E-state index is 0.392. The van der Waals surface area contributed by atoms with Crippen molar-refractivity contribution in [2.75, 3.05) is 13.2 Å². The fraction of sp³-hybridized carbons (Fsp3) is 0.800. The fourth-order valence-electron chi connectivity index (χ4n) is 0.669. The molecule has 1 heterocycles. The molecule has 1 rings (SSSR count). The van der Waals surface area contributed by atoms with Crippen LogP contribution in [0.15, 0.2) is 0 Å². The lowest BCUT2D eigenvalue weighted by atomic mass is 10.0. The topological polar surface area (TPSA) is 59.0 Å². The van der Waals surface area contributed by atoms with Gasteiger partial charge >= 0.3 is 0 Å². The standard InChI is InChI=1S/C5H8N2O/c6-3-5(7)1-2-8-4-5/h1-2,4,7H2. The molecule has 0 amide bonds. The molecule has 0 aliphatic carbocycles. The second-order valence-electron chi connectivity index (χ2n) is 2.07. The van der Waals surface area contributed by atoms with Crippen LogP contribution in [0.1, 0.15) is 6.42 Å². The van der Waals surface area contributed by atoms with E-state index in [1.54, 1.807) is 0 Å². The molecule has 1 aliphatic heterocycles. The minimum atomic E-state index is -0.681. The first-order valence-corrected chi connectivity index (χ1v) is 2.55. The number of rotatable bonds is 0. The van der Waals surface area contributed by atoms with Crippen molar-refractivity contribution in [3.8, 4) is 6.07 Å². The zero-order chi connectivity index (χ0) is 6.04. The average molecular weight is 112 g/mol. The van der Waals surface area contributed by atoms with Gasteiger partial charge in [-0.05, 0) is 0 Å². The van der Waals surface area contributed by atoms with E-state index in [0.717, 1.165) is 0 Å². The van der Waals surface area contributed by atoms with Crippen molar-refractivity contribution in [3.05, 3.63) is 0 Å². The highest BCUT2D eigenvalue weighted by molar-refractivity contribution is 5.06. The summed E-state index contributed by atoms with van der Waals surface area (Å²) in [5.41, 5.74) is 4.79. The molecule has 1 aliphatic rings. The summed E-state index contributed by atoms with van der Waals surface area (Å²) in [4.78, 5) is 0. The molecular formula is C5H8N2O. The van der Waals surface area contributed by atoms with Gasteiger partial charge in [-0.1, -0.05) is 0 Å². The Kier molecular flexibility index (Phi) is 1.20. The Morgan fingerprint density at radius 2 is 2.50 bits per heavy atom. The molecule has 0 spiro atoms. The predicted molar refractivity (Wildman–Crippen MR) is 28.0 cm³/mol. The monoisotopic (exact) mass is 112 g/mol. The maximum Gasteiger partial charge on any atom is 0.130 e. The van der Waals surface area contributed by atoms with Gasteiger partial charge in [-0.25, -0.2) is 0 Å². The molecule has 0 radical (unpaired) electrons. The number of nitrogens with two attached hydrogens (primary N) is 1. The molecule has 3 heteroatoms. The molecule has 44 valence electrons. The molecule has 0 aromatic carbocycles. The number of hydrogen-bond donors (Lipinski definition) is 1. The van der Waals surface area contributed by atoms with E-state index in [-0.39, 0.29) is 0 Å². The number of hydrogen-bond acceptors (Lipinski definition) is 3. The summed E-state index contributed by atoms with van der Waals surface area (Å²) >= 11 is 0. The van der Waals surface area contributed by atoms with Gasteiger partial charge in [-0.15, -0.1) is 0 Å². The lowest BCUT2D eigenvalue weighted by Gasteiger charge is -2.07. The summed E-state index contributed by atoms with van der Waals surface area (Å²) in [6.45, 7) is 1.02. The first-order valence-electron chi connectivity index (χ1n) is 2.55. The molecule has 0 aromatic heterocycles. The van der Waals surface area contributed by atoms with E-state index in [0.29, 0.717) is 19.6 Å². The van der Waals surface area contributed by atoms with Gasteiger partial charge in [0.2, 0.25) is 0 Å². The Hall–Kier alpha value is -0.590. The van der Waals surface area contributed by atoms with Crippen molar-refractivity contribution in [3.63, 3.8) is 0 Å². The molecular weight excluding hydrogens is 104 g/mol. The third-order valence-electron chi connectivity index (χ3n) is 1.27. The Bertz CT molecular complexity index is 121. The summed E-state index contributed by atoms with van der Waals surface area (Å²) in [6, 6.07) is 1.99. The van der Waals surface area contributed by atoms with Gasteiger partial charge in [0.1, 0.15) is 5.54 Å². The maximum atomic E-state index is 8.37. The van der Waals surface area contributed by atoms with Gasteiger partial charge in [0.05, 0.1) is 12.7 Å². The van der Waals surface area contributed by atoms with Crippen molar-refractivity contribution in [1.82, 2.24) is 0 Å². The Morgan fingerprint density at radius 3 is 2.75 bits per heavy atom. The fourth-order valence-corrected chi connectivity index (χ4v) is 0.669. The third-order valence-corrected chi connectivity index (χ3v) is 1.27. The summed E-state index contributed by atoms with van der Waals surface area (Å²) in [7, 11) is 0. The van der Waals surface area contributed by atoms with Crippen molar-refractivity contribution < 1.29 is 4.74 Å². The van der Waals surface area contributed by atoms with Crippen LogP contribution in [-0.2, 0) is 4.74 Å². The molecule has 8 heavy (non-hydrogen) atoms. The summed E-state index contributed by atoms with van der Waals surface area (Å²) in [5, 5.41) is 8.37. The lowest BCUT2D eigenvalue weighted by molar-refractivity contribution is 0.187. The first kappa shape index (κ1) is 5.54. The Labute approximate surface area is 48.0 Å². The smallest absolute Gasteiger partial charge is 0.130 e. The first-order chi connectivity index (χ1) is 3.77. The van der Waals surface area contributed by atoms with Crippen molar-refractivity contribution in [1.29, 1.82) is 5.26 Å². The van der Waals surface area contributed by atoms with E-state index in [1.165, 1.54) is 0 Å². The summed E-state index contributed by atoms with van der Waals surface area (Å²) < 4.78 is 4.90. The second-order valence-corrected chi connectivity index (χ2v) is 2.07.